The summed E-state index contributed by atoms with van der Waals surface area (Å²) >= 11 is 1.79. The van der Waals surface area contributed by atoms with Gasteiger partial charge in [0, 0.05) is 23.4 Å². The first kappa shape index (κ1) is 13.8. The molecule has 4 rings (SSSR count). The van der Waals surface area contributed by atoms with Crippen LogP contribution in [-0.4, -0.2) is 23.7 Å². The highest BCUT2D eigenvalue weighted by molar-refractivity contribution is 7.10. The molecule has 114 valence electrons. The summed E-state index contributed by atoms with van der Waals surface area (Å²) < 4.78 is 0. The number of fused-ring (bicyclic) bond motifs is 3. The molecule has 2 N–H and O–H groups in total. The van der Waals surface area contributed by atoms with E-state index in [0.29, 0.717) is 17.8 Å². The van der Waals surface area contributed by atoms with Crippen LogP contribution in [0, 0.1) is 17.8 Å². The fourth-order valence-corrected chi connectivity index (χ4v) is 5.91. The first-order chi connectivity index (χ1) is 10.3. The molecule has 3 aliphatic carbocycles. The largest absolute Gasteiger partial charge is 0.396 e. The van der Waals surface area contributed by atoms with Gasteiger partial charge in [-0.25, -0.2) is 0 Å². The lowest BCUT2D eigenvalue weighted by Gasteiger charge is -2.32. The van der Waals surface area contributed by atoms with Crippen LogP contribution < -0.4 is 5.32 Å². The number of aryl methyl sites for hydroxylation is 1. The number of thiophene rings is 1. The fourth-order valence-electron chi connectivity index (χ4n) is 4.92. The van der Waals surface area contributed by atoms with E-state index in [1.165, 1.54) is 29.7 Å². The van der Waals surface area contributed by atoms with Gasteiger partial charge in [-0.05, 0) is 67.4 Å². The monoisotopic (exact) mass is 305 g/mol. The predicted molar refractivity (Wildman–Crippen MR) is 83.3 cm³/mol. The first-order valence-electron chi connectivity index (χ1n) is 8.25. The molecular formula is C17H23NO2S. The zero-order chi connectivity index (χ0) is 14.4. The zero-order valence-electron chi connectivity index (χ0n) is 12.3. The molecule has 0 radical (unpaired) electrons. The Balaban J connectivity index is 1.50. The van der Waals surface area contributed by atoms with Crippen molar-refractivity contribution in [1.29, 1.82) is 0 Å². The van der Waals surface area contributed by atoms with E-state index in [1.54, 1.807) is 11.3 Å². The van der Waals surface area contributed by atoms with Gasteiger partial charge in [0.2, 0.25) is 5.91 Å². The summed E-state index contributed by atoms with van der Waals surface area (Å²) in [6.07, 6.45) is 6.88. The number of nitrogens with one attached hydrogen (secondary N) is 1. The number of rotatable bonds is 3. The molecule has 21 heavy (non-hydrogen) atoms. The summed E-state index contributed by atoms with van der Waals surface area (Å²) in [5, 5.41) is 15.1. The van der Waals surface area contributed by atoms with Crippen LogP contribution in [0.3, 0.4) is 0 Å². The number of aliphatic hydroxyl groups is 1. The smallest absolute Gasteiger partial charge is 0.227 e. The minimum Gasteiger partial charge on any atom is -0.396 e. The Morgan fingerprint density at radius 2 is 2.19 bits per heavy atom. The van der Waals surface area contributed by atoms with Gasteiger partial charge in [-0.2, -0.15) is 0 Å². The molecule has 4 heteroatoms. The molecule has 2 fully saturated rings. The van der Waals surface area contributed by atoms with Crippen molar-refractivity contribution in [3.8, 4) is 0 Å². The van der Waals surface area contributed by atoms with Gasteiger partial charge in [0.05, 0.1) is 5.92 Å². The van der Waals surface area contributed by atoms with E-state index in [0.717, 1.165) is 19.3 Å². The second kappa shape index (κ2) is 5.40. The highest BCUT2D eigenvalue weighted by Crippen LogP contribution is 2.48. The number of hydrogen-bond acceptors (Lipinski definition) is 3. The summed E-state index contributed by atoms with van der Waals surface area (Å²) in [5.41, 5.74) is 1.26. The van der Waals surface area contributed by atoms with Gasteiger partial charge in [-0.3, -0.25) is 4.79 Å². The quantitative estimate of drug-likeness (QED) is 0.902. The van der Waals surface area contributed by atoms with Crippen LogP contribution in [0.5, 0.6) is 0 Å². The maximum absolute atomic E-state index is 12.8. The van der Waals surface area contributed by atoms with Crippen molar-refractivity contribution < 1.29 is 9.90 Å². The van der Waals surface area contributed by atoms with Crippen LogP contribution in [0.4, 0.5) is 0 Å². The van der Waals surface area contributed by atoms with Crippen LogP contribution in [0.1, 0.15) is 48.5 Å². The third-order valence-electron chi connectivity index (χ3n) is 5.98. The molecule has 5 unspecified atom stereocenters. The highest BCUT2D eigenvalue weighted by Gasteiger charge is 2.48. The van der Waals surface area contributed by atoms with Crippen molar-refractivity contribution in [2.75, 3.05) is 6.61 Å². The first-order valence-corrected chi connectivity index (χ1v) is 9.13. The van der Waals surface area contributed by atoms with Crippen LogP contribution >= 0.6 is 11.3 Å². The molecule has 2 bridgehead atoms. The van der Waals surface area contributed by atoms with E-state index < -0.39 is 0 Å². The number of carbonyl (C=O) groups is 1. The molecule has 0 aliphatic heterocycles. The van der Waals surface area contributed by atoms with E-state index in [2.05, 4.69) is 16.8 Å². The third kappa shape index (κ3) is 2.23. The molecule has 3 nitrogen and oxygen atoms in total. The highest BCUT2D eigenvalue weighted by atomic mass is 32.1. The average molecular weight is 305 g/mol. The van der Waals surface area contributed by atoms with Crippen molar-refractivity contribution in [3.05, 3.63) is 21.9 Å². The maximum atomic E-state index is 12.8. The van der Waals surface area contributed by atoms with E-state index >= 15 is 0 Å². The Labute approximate surface area is 129 Å². The van der Waals surface area contributed by atoms with Gasteiger partial charge in [-0.15, -0.1) is 11.3 Å². The summed E-state index contributed by atoms with van der Waals surface area (Å²) in [6.45, 7) is 0.223. The summed E-state index contributed by atoms with van der Waals surface area (Å²) in [4.78, 5) is 14.2. The minimum atomic E-state index is 0.0402. The average Bonchev–Trinajstić information content (AvgIpc) is 3.21. The summed E-state index contributed by atoms with van der Waals surface area (Å²) in [6, 6.07) is 2.35. The van der Waals surface area contributed by atoms with E-state index in [4.69, 9.17) is 0 Å². The number of amides is 1. The molecule has 2 saturated carbocycles. The van der Waals surface area contributed by atoms with Gasteiger partial charge < -0.3 is 10.4 Å². The molecule has 0 saturated heterocycles. The van der Waals surface area contributed by atoms with Gasteiger partial charge in [0.25, 0.3) is 0 Å². The van der Waals surface area contributed by atoms with Crippen molar-refractivity contribution in [2.45, 2.75) is 50.5 Å². The zero-order valence-corrected chi connectivity index (χ0v) is 13.1. The van der Waals surface area contributed by atoms with Crippen LogP contribution in [-0.2, 0) is 11.2 Å². The molecule has 5 atom stereocenters. The van der Waals surface area contributed by atoms with Crippen molar-refractivity contribution in [1.82, 2.24) is 5.32 Å². The number of hydrogen-bond donors (Lipinski definition) is 2. The van der Waals surface area contributed by atoms with Gasteiger partial charge in [-0.1, -0.05) is 0 Å². The lowest BCUT2D eigenvalue weighted by atomic mass is 9.83. The summed E-state index contributed by atoms with van der Waals surface area (Å²) in [7, 11) is 0. The van der Waals surface area contributed by atoms with Crippen LogP contribution in [0.15, 0.2) is 11.4 Å². The third-order valence-corrected chi connectivity index (χ3v) is 6.97. The van der Waals surface area contributed by atoms with Crippen molar-refractivity contribution in [2.24, 2.45) is 17.8 Å². The molecule has 1 heterocycles. The van der Waals surface area contributed by atoms with E-state index in [-0.39, 0.29) is 24.5 Å². The van der Waals surface area contributed by atoms with Gasteiger partial charge in [0.15, 0.2) is 0 Å². The summed E-state index contributed by atoms with van der Waals surface area (Å²) in [5.74, 6) is 1.76. The molecular weight excluding hydrogens is 282 g/mol. The Kier molecular flexibility index (Phi) is 3.54. The number of carbonyl (C=O) groups excluding carboxylic acids is 1. The lowest BCUT2D eigenvalue weighted by molar-refractivity contribution is -0.124. The van der Waals surface area contributed by atoms with Gasteiger partial charge in [0.1, 0.15) is 0 Å². The standard InChI is InChI=1S/C17H23NO2S/c19-9-14-10-4-5-11(8-10)16(14)18-17(20)13-2-1-3-15-12(13)6-7-21-15/h6-7,10-11,13-14,16,19H,1-5,8-9H2,(H,18,20). The molecule has 3 aliphatic rings. The Bertz CT molecular complexity index is 541. The second-order valence-electron chi connectivity index (χ2n) is 6.96. The van der Waals surface area contributed by atoms with E-state index in [1.807, 2.05) is 0 Å². The van der Waals surface area contributed by atoms with E-state index in [9.17, 15) is 9.90 Å². The normalized spacial score (nSPS) is 37.5. The minimum absolute atomic E-state index is 0.0402. The SMILES string of the molecule is O=C(NC1C2CCC(C2)C1CO)C1CCCc2sccc21. The van der Waals surface area contributed by atoms with Gasteiger partial charge >= 0.3 is 0 Å². The van der Waals surface area contributed by atoms with Crippen LogP contribution in [0.25, 0.3) is 0 Å². The Morgan fingerprint density at radius 1 is 1.33 bits per heavy atom. The van der Waals surface area contributed by atoms with Crippen LogP contribution in [0.2, 0.25) is 0 Å². The Hall–Kier alpha value is -0.870. The van der Waals surface area contributed by atoms with Crippen molar-refractivity contribution >= 4 is 17.2 Å². The maximum Gasteiger partial charge on any atom is 0.227 e. The molecule has 0 spiro atoms. The predicted octanol–water partition coefficient (Wildman–Crippen LogP) is 2.69. The Morgan fingerprint density at radius 3 is 3.05 bits per heavy atom. The topological polar surface area (TPSA) is 49.3 Å². The fraction of sp³-hybridized carbons (Fsp3) is 0.706. The number of aliphatic hydroxyl groups excluding tert-OH is 1. The molecule has 0 aromatic carbocycles. The second-order valence-corrected chi connectivity index (χ2v) is 7.96. The molecule has 1 aromatic rings. The lowest BCUT2D eigenvalue weighted by Crippen LogP contribution is -2.47. The molecule has 1 aromatic heterocycles. The molecule has 1 amide bonds. The van der Waals surface area contributed by atoms with Crippen molar-refractivity contribution in [3.63, 3.8) is 0 Å².